The maximum atomic E-state index is 10.0. The smallest absolute Gasteiger partial charge is 0.148 e. The van der Waals surface area contributed by atoms with E-state index in [1.54, 1.807) is 18.3 Å². The SMILES string of the molecule is Cc1nc(NN)c(C)c(NCC(O)c2ccsc2)n1. The molecule has 0 saturated heterocycles. The molecule has 5 N–H and O–H groups in total. The number of nitrogens with two attached hydrogens (primary N) is 1. The van der Waals surface area contributed by atoms with E-state index < -0.39 is 6.10 Å². The van der Waals surface area contributed by atoms with Crippen molar-refractivity contribution in [1.29, 1.82) is 0 Å². The third-order valence-corrected chi connectivity index (χ3v) is 3.49. The average molecular weight is 279 g/mol. The Bertz CT molecular complexity index is 543. The van der Waals surface area contributed by atoms with Crippen LogP contribution in [-0.2, 0) is 0 Å². The molecule has 2 rings (SSSR count). The van der Waals surface area contributed by atoms with Gasteiger partial charge >= 0.3 is 0 Å². The highest BCUT2D eigenvalue weighted by atomic mass is 32.1. The Morgan fingerprint density at radius 3 is 2.74 bits per heavy atom. The van der Waals surface area contributed by atoms with E-state index in [-0.39, 0.29) is 0 Å². The van der Waals surface area contributed by atoms with Crippen LogP contribution in [0.3, 0.4) is 0 Å². The van der Waals surface area contributed by atoms with E-state index in [9.17, 15) is 5.11 Å². The Morgan fingerprint density at radius 2 is 2.11 bits per heavy atom. The van der Waals surface area contributed by atoms with E-state index in [1.165, 1.54) is 0 Å². The molecule has 6 nitrogen and oxygen atoms in total. The fraction of sp³-hybridized carbons (Fsp3) is 0.333. The Hall–Kier alpha value is -1.70. The summed E-state index contributed by atoms with van der Waals surface area (Å²) in [5.41, 5.74) is 4.27. The molecule has 2 aromatic rings. The molecule has 102 valence electrons. The number of hydrazine groups is 1. The third-order valence-electron chi connectivity index (χ3n) is 2.79. The van der Waals surface area contributed by atoms with E-state index in [0.29, 0.717) is 24.0 Å². The van der Waals surface area contributed by atoms with Crippen LogP contribution in [0.2, 0.25) is 0 Å². The third kappa shape index (κ3) is 3.19. The molecule has 19 heavy (non-hydrogen) atoms. The predicted molar refractivity (Wildman–Crippen MR) is 77.1 cm³/mol. The topological polar surface area (TPSA) is 96.1 Å². The minimum atomic E-state index is -0.560. The number of rotatable bonds is 5. The van der Waals surface area contributed by atoms with Gasteiger partial charge in [-0.25, -0.2) is 15.8 Å². The number of anilines is 2. The highest BCUT2D eigenvalue weighted by Crippen LogP contribution is 2.21. The second-order valence-electron chi connectivity index (χ2n) is 4.19. The summed E-state index contributed by atoms with van der Waals surface area (Å²) < 4.78 is 0. The van der Waals surface area contributed by atoms with E-state index >= 15 is 0 Å². The Labute approximate surface area is 115 Å². The minimum Gasteiger partial charge on any atom is -0.387 e. The fourth-order valence-electron chi connectivity index (χ4n) is 1.72. The van der Waals surface area contributed by atoms with E-state index in [0.717, 1.165) is 11.1 Å². The molecule has 0 aliphatic rings. The van der Waals surface area contributed by atoms with Gasteiger partial charge in [-0.1, -0.05) is 0 Å². The van der Waals surface area contributed by atoms with Crippen LogP contribution < -0.4 is 16.6 Å². The zero-order valence-electron chi connectivity index (χ0n) is 10.8. The Kier molecular flexibility index (Phi) is 4.31. The first-order chi connectivity index (χ1) is 9.11. The van der Waals surface area contributed by atoms with Crippen molar-refractivity contribution in [2.24, 2.45) is 5.84 Å². The van der Waals surface area contributed by atoms with Gasteiger partial charge in [-0.3, -0.25) is 0 Å². The van der Waals surface area contributed by atoms with Gasteiger partial charge in [0.05, 0.1) is 6.10 Å². The Balaban J connectivity index is 2.09. The number of aliphatic hydroxyl groups excluding tert-OH is 1. The van der Waals surface area contributed by atoms with Gasteiger partial charge in [-0.2, -0.15) is 11.3 Å². The molecule has 0 aliphatic heterocycles. The van der Waals surface area contributed by atoms with Gasteiger partial charge in [0.2, 0.25) is 0 Å². The maximum absolute atomic E-state index is 10.0. The summed E-state index contributed by atoms with van der Waals surface area (Å²) >= 11 is 1.56. The number of nitrogens with zero attached hydrogens (tertiary/aromatic N) is 2. The number of hydrogen-bond donors (Lipinski definition) is 4. The van der Waals surface area contributed by atoms with E-state index in [4.69, 9.17) is 5.84 Å². The van der Waals surface area contributed by atoms with Crippen LogP contribution in [0.15, 0.2) is 16.8 Å². The number of nitrogen functional groups attached to an aromatic ring is 1. The van der Waals surface area contributed by atoms with Crippen molar-refractivity contribution in [3.05, 3.63) is 33.8 Å². The Morgan fingerprint density at radius 1 is 1.37 bits per heavy atom. The molecule has 0 fully saturated rings. The maximum Gasteiger partial charge on any atom is 0.148 e. The molecule has 7 heteroatoms. The summed E-state index contributed by atoms with van der Waals surface area (Å²) in [5.74, 6) is 7.28. The largest absolute Gasteiger partial charge is 0.387 e. The zero-order valence-corrected chi connectivity index (χ0v) is 11.7. The minimum absolute atomic E-state index is 0.387. The molecule has 0 aromatic carbocycles. The molecule has 1 unspecified atom stereocenters. The number of aryl methyl sites for hydroxylation is 1. The van der Waals surface area contributed by atoms with Crippen molar-refractivity contribution in [3.8, 4) is 0 Å². The zero-order chi connectivity index (χ0) is 13.8. The van der Waals surface area contributed by atoms with Crippen LogP contribution in [-0.4, -0.2) is 21.6 Å². The summed E-state index contributed by atoms with van der Waals surface area (Å²) in [7, 11) is 0. The first kappa shape index (κ1) is 13.7. The lowest BCUT2D eigenvalue weighted by molar-refractivity contribution is 0.192. The van der Waals surface area contributed by atoms with Gasteiger partial charge in [0, 0.05) is 12.1 Å². The lowest BCUT2D eigenvalue weighted by Crippen LogP contribution is -2.17. The highest BCUT2D eigenvalue weighted by Gasteiger charge is 2.11. The van der Waals surface area contributed by atoms with Crippen molar-refractivity contribution in [2.45, 2.75) is 20.0 Å². The van der Waals surface area contributed by atoms with E-state index in [2.05, 4.69) is 20.7 Å². The van der Waals surface area contributed by atoms with Gasteiger partial charge in [-0.15, -0.1) is 0 Å². The number of aliphatic hydroxyl groups is 1. The molecule has 0 radical (unpaired) electrons. The van der Waals surface area contributed by atoms with Crippen molar-refractivity contribution in [2.75, 3.05) is 17.3 Å². The molecule has 2 aromatic heterocycles. The first-order valence-electron chi connectivity index (χ1n) is 5.87. The van der Waals surface area contributed by atoms with Crippen molar-refractivity contribution < 1.29 is 5.11 Å². The molecule has 2 heterocycles. The molecule has 0 saturated carbocycles. The summed E-state index contributed by atoms with van der Waals surface area (Å²) in [5, 5.41) is 17.0. The lowest BCUT2D eigenvalue weighted by Gasteiger charge is -2.15. The van der Waals surface area contributed by atoms with Crippen LogP contribution in [0, 0.1) is 13.8 Å². The quantitative estimate of drug-likeness (QED) is 0.490. The molecule has 0 amide bonds. The van der Waals surface area contributed by atoms with Gasteiger partial charge in [0.15, 0.2) is 0 Å². The second kappa shape index (κ2) is 5.96. The summed E-state index contributed by atoms with van der Waals surface area (Å²) in [6.07, 6.45) is -0.560. The molecule has 0 aliphatic carbocycles. The van der Waals surface area contributed by atoms with Gasteiger partial charge in [0.25, 0.3) is 0 Å². The summed E-state index contributed by atoms with van der Waals surface area (Å²) in [6.45, 7) is 4.05. The molecular formula is C12H17N5OS. The van der Waals surface area contributed by atoms with Crippen molar-refractivity contribution >= 4 is 23.0 Å². The van der Waals surface area contributed by atoms with Crippen LogP contribution in [0.25, 0.3) is 0 Å². The predicted octanol–water partition coefficient (Wildman–Crippen LogP) is 1.59. The lowest BCUT2D eigenvalue weighted by atomic mass is 10.2. The standard InChI is InChI=1S/C12H17N5OS/c1-7-11(15-8(2)16-12(7)17-13)14-5-10(18)9-3-4-19-6-9/h3-4,6,10,18H,5,13H2,1-2H3,(H2,14,15,16,17). The molecule has 0 spiro atoms. The van der Waals surface area contributed by atoms with Crippen molar-refractivity contribution in [3.63, 3.8) is 0 Å². The average Bonchev–Trinajstić information content (AvgIpc) is 2.93. The van der Waals surface area contributed by atoms with E-state index in [1.807, 2.05) is 23.8 Å². The van der Waals surface area contributed by atoms with Crippen LogP contribution in [0.5, 0.6) is 0 Å². The van der Waals surface area contributed by atoms with Crippen LogP contribution in [0.1, 0.15) is 23.1 Å². The number of thiophene rings is 1. The molecular weight excluding hydrogens is 262 g/mol. The number of hydrogen-bond acceptors (Lipinski definition) is 7. The number of nitrogens with one attached hydrogen (secondary N) is 2. The van der Waals surface area contributed by atoms with Crippen LogP contribution in [0.4, 0.5) is 11.6 Å². The van der Waals surface area contributed by atoms with Gasteiger partial charge < -0.3 is 15.8 Å². The van der Waals surface area contributed by atoms with Gasteiger partial charge in [0.1, 0.15) is 17.5 Å². The normalized spacial score (nSPS) is 12.2. The summed E-state index contributed by atoms with van der Waals surface area (Å²) in [6, 6.07) is 1.90. The number of aromatic nitrogens is 2. The monoisotopic (exact) mass is 279 g/mol. The van der Waals surface area contributed by atoms with Crippen molar-refractivity contribution in [1.82, 2.24) is 9.97 Å². The fourth-order valence-corrected chi connectivity index (χ4v) is 2.42. The second-order valence-corrected chi connectivity index (χ2v) is 4.97. The van der Waals surface area contributed by atoms with Gasteiger partial charge in [-0.05, 0) is 36.2 Å². The highest BCUT2D eigenvalue weighted by molar-refractivity contribution is 7.07. The molecule has 0 bridgehead atoms. The van der Waals surface area contributed by atoms with Crippen LogP contribution >= 0.6 is 11.3 Å². The summed E-state index contributed by atoms with van der Waals surface area (Å²) in [4.78, 5) is 8.49. The first-order valence-corrected chi connectivity index (χ1v) is 6.82. The molecule has 1 atom stereocenters.